The van der Waals surface area contributed by atoms with Gasteiger partial charge in [0.2, 0.25) is 0 Å². The molecule has 0 saturated heterocycles. The molecule has 0 unspecified atom stereocenters. The number of halogens is 1. The molecule has 0 aliphatic carbocycles. The molecule has 0 spiro atoms. The molecule has 4 nitrogen and oxygen atoms in total. The SMILES string of the molecule is CCN(CC)c1ccc(N(C)C(C)=N/C(C)=C\C=O)cc1F. The number of rotatable bonds is 6. The molecule has 5 heteroatoms. The van der Waals surface area contributed by atoms with E-state index in [9.17, 15) is 9.18 Å². The number of hydrogen-bond donors (Lipinski definition) is 0. The standard InChI is InChI=1S/C17H24FN3O/c1-6-21(7-2)17-9-8-15(12-16(17)18)20(5)14(4)19-13(3)10-11-22/h8-12H,6-7H2,1-5H3/b13-10-,19-14?. The van der Waals surface area contributed by atoms with Crippen molar-refractivity contribution < 1.29 is 9.18 Å². The second-order valence-electron chi connectivity index (χ2n) is 4.97. The van der Waals surface area contributed by atoms with E-state index in [4.69, 9.17) is 0 Å². The zero-order valence-corrected chi connectivity index (χ0v) is 13.9. The van der Waals surface area contributed by atoms with Crippen LogP contribution in [0.4, 0.5) is 15.8 Å². The molecule has 0 bridgehead atoms. The quantitative estimate of drug-likeness (QED) is 0.348. The van der Waals surface area contributed by atoms with Gasteiger partial charge in [0.05, 0.1) is 5.69 Å². The largest absolute Gasteiger partial charge is 0.370 e. The van der Waals surface area contributed by atoms with Gasteiger partial charge in [-0.1, -0.05) is 0 Å². The minimum Gasteiger partial charge on any atom is -0.370 e. The van der Waals surface area contributed by atoms with Crippen LogP contribution < -0.4 is 9.80 Å². The molecule has 0 radical (unpaired) electrons. The summed E-state index contributed by atoms with van der Waals surface area (Å²) in [5.74, 6) is 0.437. The second kappa shape index (κ2) is 8.32. The van der Waals surface area contributed by atoms with E-state index in [1.165, 1.54) is 12.1 Å². The van der Waals surface area contributed by atoms with E-state index in [1.54, 1.807) is 17.9 Å². The number of hydrogen-bond acceptors (Lipinski definition) is 3. The Kier molecular flexibility index (Phi) is 6.76. The summed E-state index contributed by atoms with van der Waals surface area (Å²) in [6, 6.07) is 5.16. The van der Waals surface area contributed by atoms with E-state index in [-0.39, 0.29) is 5.82 Å². The molecular weight excluding hydrogens is 281 g/mol. The third-order valence-electron chi connectivity index (χ3n) is 3.56. The number of nitrogens with zero attached hydrogens (tertiary/aromatic N) is 3. The monoisotopic (exact) mass is 305 g/mol. The summed E-state index contributed by atoms with van der Waals surface area (Å²) >= 11 is 0. The molecule has 0 aliphatic heterocycles. The Morgan fingerprint density at radius 1 is 1.27 bits per heavy atom. The number of aldehydes is 1. The van der Waals surface area contributed by atoms with E-state index in [2.05, 4.69) is 4.99 Å². The molecule has 0 aromatic heterocycles. The molecule has 0 atom stereocenters. The van der Waals surface area contributed by atoms with Gasteiger partial charge in [-0.2, -0.15) is 0 Å². The van der Waals surface area contributed by atoms with Crippen molar-refractivity contribution in [2.75, 3.05) is 29.9 Å². The summed E-state index contributed by atoms with van der Waals surface area (Å²) < 4.78 is 14.3. The van der Waals surface area contributed by atoms with Gasteiger partial charge in [-0.25, -0.2) is 9.38 Å². The highest BCUT2D eigenvalue weighted by Crippen LogP contribution is 2.24. The van der Waals surface area contributed by atoms with Crippen molar-refractivity contribution in [1.29, 1.82) is 0 Å². The summed E-state index contributed by atoms with van der Waals surface area (Å²) in [5, 5.41) is 0. The Labute approximate surface area is 131 Å². The van der Waals surface area contributed by atoms with Crippen molar-refractivity contribution >= 4 is 23.5 Å². The van der Waals surface area contributed by atoms with Crippen molar-refractivity contribution in [3.8, 4) is 0 Å². The second-order valence-corrected chi connectivity index (χ2v) is 4.97. The maximum Gasteiger partial charge on any atom is 0.148 e. The van der Waals surface area contributed by atoms with Gasteiger partial charge in [-0.15, -0.1) is 0 Å². The van der Waals surface area contributed by atoms with Gasteiger partial charge in [0.15, 0.2) is 0 Å². The average molecular weight is 305 g/mol. The first-order valence-electron chi connectivity index (χ1n) is 7.40. The molecule has 0 fully saturated rings. The van der Waals surface area contributed by atoms with Crippen molar-refractivity contribution in [1.82, 2.24) is 0 Å². The van der Waals surface area contributed by atoms with E-state index in [0.29, 0.717) is 29.2 Å². The number of anilines is 2. The van der Waals surface area contributed by atoms with Crippen molar-refractivity contribution in [3.05, 3.63) is 35.8 Å². The Hall–Kier alpha value is -2.17. The number of benzene rings is 1. The highest BCUT2D eigenvalue weighted by Gasteiger charge is 2.12. The molecule has 1 aromatic rings. The van der Waals surface area contributed by atoms with Crippen LogP contribution in [0.25, 0.3) is 0 Å². The van der Waals surface area contributed by atoms with Crippen LogP contribution in [-0.4, -0.2) is 32.3 Å². The lowest BCUT2D eigenvalue weighted by Gasteiger charge is -2.24. The van der Waals surface area contributed by atoms with Crippen LogP contribution >= 0.6 is 0 Å². The fourth-order valence-corrected chi connectivity index (χ4v) is 2.18. The van der Waals surface area contributed by atoms with Gasteiger partial charge in [0, 0.05) is 31.5 Å². The van der Waals surface area contributed by atoms with Crippen LogP contribution in [0, 0.1) is 5.82 Å². The molecule has 1 aromatic carbocycles. The zero-order chi connectivity index (χ0) is 16.7. The Bertz CT molecular complexity index is 577. The normalized spacial score (nSPS) is 12.3. The first-order valence-corrected chi connectivity index (χ1v) is 7.40. The predicted octanol–water partition coefficient (Wildman–Crippen LogP) is 3.63. The van der Waals surface area contributed by atoms with Gasteiger partial charge in [0.25, 0.3) is 0 Å². The Balaban J connectivity index is 3.05. The third kappa shape index (κ3) is 4.41. The Morgan fingerprint density at radius 2 is 1.91 bits per heavy atom. The summed E-state index contributed by atoms with van der Waals surface area (Å²) in [6.45, 7) is 9.09. The van der Waals surface area contributed by atoms with E-state index in [1.807, 2.05) is 38.8 Å². The number of amidine groups is 1. The minimum absolute atomic E-state index is 0.249. The van der Waals surface area contributed by atoms with Gasteiger partial charge >= 0.3 is 0 Å². The molecule has 0 N–H and O–H groups in total. The smallest absolute Gasteiger partial charge is 0.148 e. The fourth-order valence-electron chi connectivity index (χ4n) is 2.18. The van der Waals surface area contributed by atoms with Crippen LogP contribution in [0.2, 0.25) is 0 Å². The van der Waals surface area contributed by atoms with Gasteiger partial charge in [0.1, 0.15) is 17.9 Å². The van der Waals surface area contributed by atoms with Crippen LogP contribution in [-0.2, 0) is 4.79 Å². The zero-order valence-electron chi connectivity index (χ0n) is 13.9. The highest BCUT2D eigenvalue weighted by molar-refractivity contribution is 5.96. The lowest BCUT2D eigenvalue weighted by molar-refractivity contribution is -0.104. The summed E-state index contributed by atoms with van der Waals surface area (Å²) in [6.07, 6.45) is 2.09. The first-order chi connectivity index (χ1) is 10.4. The first kappa shape index (κ1) is 17.9. The molecule has 22 heavy (non-hydrogen) atoms. The molecular formula is C17H24FN3O. The lowest BCUT2D eigenvalue weighted by Crippen LogP contribution is -2.25. The predicted molar refractivity (Wildman–Crippen MR) is 91.3 cm³/mol. The van der Waals surface area contributed by atoms with Crippen molar-refractivity contribution in [3.63, 3.8) is 0 Å². The molecule has 0 aliphatic rings. The molecule has 0 amide bonds. The van der Waals surface area contributed by atoms with Crippen LogP contribution in [0.1, 0.15) is 27.7 Å². The molecule has 0 saturated carbocycles. The van der Waals surface area contributed by atoms with E-state index in [0.717, 1.165) is 13.1 Å². The van der Waals surface area contributed by atoms with Crippen molar-refractivity contribution in [2.45, 2.75) is 27.7 Å². The summed E-state index contributed by atoms with van der Waals surface area (Å²) in [4.78, 5) is 18.5. The van der Waals surface area contributed by atoms with Gasteiger partial charge in [-0.3, -0.25) is 4.79 Å². The highest BCUT2D eigenvalue weighted by atomic mass is 19.1. The van der Waals surface area contributed by atoms with Crippen LogP contribution in [0.5, 0.6) is 0 Å². The Morgan fingerprint density at radius 3 is 2.41 bits per heavy atom. The minimum atomic E-state index is -0.249. The summed E-state index contributed by atoms with van der Waals surface area (Å²) in [7, 11) is 1.82. The number of aliphatic imine (C=N–C) groups is 1. The van der Waals surface area contributed by atoms with Gasteiger partial charge in [-0.05, 0) is 52.0 Å². The lowest BCUT2D eigenvalue weighted by atomic mass is 10.2. The number of carbonyl (C=O) groups excluding carboxylic acids is 1. The third-order valence-corrected chi connectivity index (χ3v) is 3.56. The maximum atomic E-state index is 14.3. The summed E-state index contributed by atoms with van der Waals surface area (Å²) in [5.41, 5.74) is 1.93. The van der Waals surface area contributed by atoms with E-state index >= 15 is 0 Å². The molecule has 0 heterocycles. The number of carbonyl (C=O) groups is 1. The topological polar surface area (TPSA) is 35.9 Å². The molecule has 120 valence electrons. The van der Waals surface area contributed by atoms with Gasteiger partial charge < -0.3 is 9.80 Å². The fraction of sp³-hybridized carbons (Fsp3) is 0.412. The molecule has 1 rings (SSSR count). The van der Waals surface area contributed by atoms with Crippen molar-refractivity contribution in [2.24, 2.45) is 4.99 Å². The van der Waals surface area contributed by atoms with E-state index < -0.39 is 0 Å². The van der Waals surface area contributed by atoms with Crippen LogP contribution in [0.3, 0.4) is 0 Å². The van der Waals surface area contributed by atoms with Crippen LogP contribution in [0.15, 0.2) is 35.0 Å². The maximum absolute atomic E-state index is 14.3. The number of allylic oxidation sites excluding steroid dienone is 2. The average Bonchev–Trinajstić information content (AvgIpc) is 2.49.